The third-order valence-electron chi connectivity index (χ3n) is 5.13. The molecule has 0 saturated carbocycles. The quantitative estimate of drug-likeness (QED) is 0.817. The Balaban J connectivity index is 1.95. The van der Waals surface area contributed by atoms with Crippen molar-refractivity contribution in [1.29, 1.82) is 0 Å². The number of carbonyl (C=O) groups is 2. The summed E-state index contributed by atoms with van der Waals surface area (Å²) >= 11 is 0. The number of hydrogen-bond acceptors (Lipinski definition) is 3. The standard InChI is InChI=1S/C18H25N3O2/c1-2-18(16(22)21(11-5-10-19)17(23)20-18)15-9-8-13-6-3-4-7-14(13)12-15/h8-9,12H,2-7,10-11,19H2,1H3,(H,20,23). The van der Waals surface area contributed by atoms with Crippen molar-refractivity contribution in [2.45, 2.75) is 51.0 Å². The highest BCUT2D eigenvalue weighted by Crippen LogP contribution is 2.34. The number of hydrogen-bond donors (Lipinski definition) is 2. The van der Waals surface area contributed by atoms with Crippen LogP contribution in [-0.4, -0.2) is 29.9 Å². The molecule has 1 aromatic carbocycles. The summed E-state index contributed by atoms with van der Waals surface area (Å²) in [6.07, 6.45) is 5.77. The van der Waals surface area contributed by atoms with Gasteiger partial charge in [-0.1, -0.05) is 25.1 Å². The van der Waals surface area contributed by atoms with Gasteiger partial charge in [0.05, 0.1) is 0 Å². The van der Waals surface area contributed by atoms with Gasteiger partial charge >= 0.3 is 6.03 Å². The van der Waals surface area contributed by atoms with E-state index < -0.39 is 5.54 Å². The summed E-state index contributed by atoms with van der Waals surface area (Å²) in [5, 5.41) is 2.95. The highest BCUT2D eigenvalue weighted by molar-refractivity contribution is 6.07. The van der Waals surface area contributed by atoms with Crippen LogP contribution in [-0.2, 0) is 23.2 Å². The Bertz CT molecular complexity index is 629. The van der Waals surface area contributed by atoms with Crippen molar-refractivity contribution in [2.24, 2.45) is 5.73 Å². The number of fused-ring (bicyclic) bond motifs is 1. The molecule has 1 aliphatic heterocycles. The lowest BCUT2D eigenvalue weighted by molar-refractivity contribution is -0.131. The zero-order valence-electron chi connectivity index (χ0n) is 13.7. The van der Waals surface area contributed by atoms with E-state index in [1.165, 1.54) is 28.9 Å². The first kappa shape index (κ1) is 16.0. The number of imide groups is 1. The Labute approximate surface area is 137 Å². The fourth-order valence-electron chi connectivity index (χ4n) is 3.72. The van der Waals surface area contributed by atoms with E-state index in [4.69, 9.17) is 5.73 Å². The first-order chi connectivity index (χ1) is 11.1. The molecule has 2 aliphatic rings. The number of rotatable bonds is 5. The van der Waals surface area contributed by atoms with E-state index in [1.54, 1.807) is 0 Å². The minimum absolute atomic E-state index is 0.144. The molecule has 0 spiro atoms. The van der Waals surface area contributed by atoms with Crippen LogP contribution in [0.1, 0.15) is 49.3 Å². The molecular weight excluding hydrogens is 290 g/mol. The lowest BCUT2D eigenvalue weighted by atomic mass is 9.82. The lowest BCUT2D eigenvalue weighted by Crippen LogP contribution is -2.43. The second kappa shape index (κ2) is 6.32. The lowest BCUT2D eigenvalue weighted by Gasteiger charge is -2.28. The van der Waals surface area contributed by atoms with Gasteiger partial charge in [-0.2, -0.15) is 0 Å². The van der Waals surface area contributed by atoms with Crippen molar-refractivity contribution >= 4 is 11.9 Å². The number of benzene rings is 1. The van der Waals surface area contributed by atoms with Crippen LogP contribution >= 0.6 is 0 Å². The molecule has 5 heteroatoms. The topological polar surface area (TPSA) is 75.4 Å². The smallest absolute Gasteiger partial charge is 0.325 e. The monoisotopic (exact) mass is 315 g/mol. The molecule has 23 heavy (non-hydrogen) atoms. The third kappa shape index (κ3) is 2.63. The number of aryl methyl sites for hydroxylation is 2. The van der Waals surface area contributed by atoms with Crippen molar-refractivity contribution in [2.75, 3.05) is 13.1 Å². The predicted molar refractivity (Wildman–Crippen MR) is 89.0 cm³/mol. The number of urea groups is 1. The number of nitrogens with zero attached hydrogens (tertiary/aromatic N) is 1. The fourth-order valence-corrected chi connectivity index (χ4v) is 3.72. The molecule has 0 radical (unpaired) electrons. The van der Waals surface area contributed by atoms with Crippen LogP contribution in [0.2, 0.25) is 0 Å². The van der Waals surface area contributed by atoms with Crippen molar-refractivity contribution in [1.82, 2.24) is 10.2 Å². The van der Waals surface area contributed by atoms with E-state index in [9.17, 15) is 9.59 Å². The first-order valence-corrected chi connectivity index (χ1v) is 8.59. The summed E-state index contributed by atoms with van der Waals surface area (Å²) in [5.74, 6) is -0.144. The number of nitrogens with two attached hydrogens (primary N) is 1. The average Bonchev–Trinajstić information content (AvgIpc) is 2.83. The molecule has 1 fully saturated rings. The molecule has 124 valence electrons. The summed E-state index contributed by atoms with van der Waals surface area (Å²) in [5.41, 5.74) is 8.21. The summed E-state index contributed by atoms with van der Waals surface area (Å²) in [7, 11) is 0. The maximum atomic E-state index is 12.9. The van der Waals surface area contributed by atoms with E-state index in [2.05, 4.69) is 17.4 Å². The molecule has 1 unspecified atom stereocenters. The van der Waals surface area contributed by atoms with E-state index in [1.807, 2.05) is 13.0 Å². The van der Waals surface area contributed by atoms with Gasteiger partial charge in [0.1, 0.15) is 5.54 Å². The van der Waals surface area contributed by atoms with Gasteiger partial charge in [-0.3, -0.25) is 9.69 Å². The van der Waals surface area contributed by atoms with Gasteiger partial charge in [0.2, 0.25) is 0 Å². The highest BCUT2D eigenvalue weighted by atomic mass is 16.2. The Morgan fingerprint density at radius 3 is 2.65 bits per heavy atom. The second-order valence-electron chi connectivity index (χ2n) is 6.48. The fraction of sp³-hybridized carbons (Fsp3) is 0.556. The van der Waals surface area contributed by atoms with Gasteiger partial charge in [-0.15, -0.1) is 0 Å². The SMILES string of the molecule is CCC1(c2ccc3c(c2)CCCC3)NC(=O)N(CCCN)C1=O. The maximum Gasteiger partial charge on any atom is 0.325 e. The Morgan fingerprint density at radius 2 is 1.96 bits per heavy atom. The summed E-state index contributed by atoms with van der Waals surface area (Å²) < 4.78 is 0. The summed E-state index contributed by atoms with van der Waals surface area (Å²) in [6, 6.07) is 5.97. The zero-order valence-corrected chi connectivity index (χ0v) is 13.7. The number of amides is 3. The van der Waals surface area contributed by atoms with Crippen LogP contribution in [0.3, 0.4) is 0 Å². The minimum Gasteiger partial charge on any atom is -0.330 e. The van der Waals surface area contributed by atoms with Crippen LogP contribution in [0.25, 0.3) is 0 Å². The second-order valence-corrected chi connectivity index (χ2v) is 6.48. The van der Waals surface area contributed by atoms with E-state index in [-0.39, 0.29) is 11.9 Å². The van der Waals surface area contributed by atoms with Crippen LogP contribution in [0.15, 0.2) is 18.2 Å². The molecule has 0 aromatic heterocycles. The molecule has 3 N–H and O–H groups in total. The van der Waals surface area contributed by atoms with Gasteiger partial charge in [0, 0.05) is 6.54 Å². The normalized spacial score (nSPS) is 23.8. The van der Waals surface area contributed by atoms with Gasteiger partial charge in [0.15, 0.2) is 0 Å². The molecule has 3 amide bonds. The van der Waals surface area contributed by atoms with E-state index in [0.29, 0.717) is 25.9 Å². The Morgan fingerprint density at radius 1 is 1.22 bits per heavy atom. The zero-order chi connectivity index (χ0) is 16.4. The summed E-state index contributed by atoms with van der Waals surface area (Å²) in [4.78, 5) is 26.5. The minimum atomic E-state index is -0.918. The van der Waals surface area contributed by atoms with Crippen molar-refractivity contribution < 1.29 is 9.59 Å². The van der Waals surface area contributed by atoms with Crippen molar-refractivity contribution in [3.63, 3.8) is 0 Å². The van der Waals surface area contributed by atoms with Crippen molar-refractivity contribution in [3.8, 4) is 0 Å². The van der Waals surface area contributed by atoms with Gasteiger partial charge < -0.3 is 11.1 Å². The Kier molecular flexibility index (Phi) is 4.39. The molecule has 1 heterocycles. The van der Waals surface area contributed by atoms with Crippen molar-refractivity contribution in [3.05, 3.63) is 34.9 Å². The number of nitrogens with one attached hydrogen (secondary N) is 1. The first-order valence-electron chi connectivity index (χ1n) is 8.59. The largest absolute Gasteiger partial charge is 0.330 e. The number of carbonyl (C=O) groups excluding carboxylic acids is 2. The van der Waals surface area contributed by atoms with Gasteiger partial charge in [-0.05, 0) is 61.8 Å². The average molecular weight is 315 g/mol. The van der Waals surface area contributed by atoms with Crippen LogP contribution in [0, 0.1) is 0 Å². The molecule has 3 rings (SSSR count). The van der Waals surface area contributed by atoms with Crippen LogP contribution in [0.4, 0.5) is 4.79 Å². The van der Waals surface area contributed by atoms with Crippen LogP contribution < -0.4 is 11.1 Å². The molecule has 1 aromatic rings. The molecule has 1 saturated heterocycles. The van der Waals surface area contributed by atoms with Gasteiger partial charge in [0.25, 0.3) is 5.91 Å². The maximum absolute atomic E-state index is 12.9. The summed E-state index contributed by atoms with van der Waals surface area (Å²) in [6.45, 7) is 2.80. The van der Waals surface area contributed by atoms with Gasteiger partial charge in [-0.25, -0.2) is 4.79 Å². The molecule has 1 atom stereocenters. The third-order valence-corrected chi connectivity index (χ3v) is 5.13. The molecule has 5 nitrogen and oxygen atoms in total. The van der Waals surface area contributed by atoms with E-state index in [0.717, 1.165) is 18.4 Å². The predicted octanol–water partition coefficient (Wildman–Crippen LogP) is 2.07. The molecule has 0 bridgehead atoms. The van der Waals surface area contributed by atoms with Crippen LogP contribution in [0.5, 0.6) is 0 Å². The molecule has 1 aliphatic carbocycles. The molecular formula is C18H25N3O2. The Hall–Kier alpha value is -1.88. The van der Waals surface area contributed by atoms with E-state index >= 15 is 0 Å². The highest BCUT2D eigenvalue weighted by Gasteiger charge is 2.51.